The fourth-order valence-corrected chi connectivity index (χ4v) is 3.24. The van der Waals surface area contributed by atoms with Crippen LogP contribution in [0.5, 0.6) is 0 Å². The van der Waals surface area contributed by atoms with Gasteiger partial charge in [0.25, 0.3) is 5.91 Å². The molecule has 0 spiro atoms. The van der Waals surface area contributed by atoms with E-state index in [0.717, 1.165) is 0 Å². The summed E-state index contributed by atoms with van der Waals surface area (Å²) in [4.78, 5) is 26.3. The van der Waals surface area contributed by atoms with Gasteiger partial charge in [-0.25, -0.2) is 8.78 Å². The van der Waals surface area contributed by atoms with Crippen molar-refractivity contribution in [3.63, 3.8) is 0 Å². The molecule has 1 saturated heterocycles. The van der Waals surface area contributed by atoms with Crippen LogP contribution in [-0.2, 0) is 16.1 Å². The number of likely N-dealkylation sites (tertiary alicyclic amines) is 1. The molecule has 0 unspecified atom stereocenters. The quantitative estimate of drug-likeness (QED) is 0.731. The molecular formula is C20H18ClF2NO3. The Morgan fingerprint density at radius 2 is 1.74 bits per heavy atom. The monoisotopic (exact) mass is 393 g/mol. The number of hydrogen-bond acceptors (Lipinski definition) is 3. The smallest absolute Gasteiger partial charge is 0.309 e. The number of halogens is 3. The maximum atomic E-state index is 13.7. The first kappa shape index (κ1) is 19.3. The second-order valence-corrected chi connectivity index (χ2v) is 6.79. The van der Waals surface area contributed by atoms with Gasteiger partial charge in [0.2, 0.25) is 0 Å². The van der Waals surface area contributed by atoms with E-state index < -0.39 is 17.6 Å². The van der Waals surface area contributed by atoms with Crippen molar-refractivity contribution < 1.29 is 23.1 Å². The number of rotatable bonds is 4. The summed E-state index contributed by atoms with van der Waals surface area (Å²) in [5.41, 5.74) is 0.558. The number of carbonyl (C=O) groups is 2. The van der Waals surface area contributed by atoms with Gasteiger partial charge in [-0.05, 0) is 49.2 Å². The van der Waals surface area contributed by atoms with E-state index in [1.807, 2.05) is 0 Å². The van der Waals surface area contributed by atoms with Gasteiger partial charge >= 0.3 is 5.97 Å². The van der Waals surface area contributed by atoms with Crippen molar-refractivity contribution in [1.82, 2.24) is 4.90 Å². The molecular weight excluding hydrogens is 376 g/mol. The highest BCUT2D eigenvalue weighted by molar-refractivity contribution is 6.31. The molecule has 2 aromatic carbocycles. The molecule has 3 rings (SSSR count). The number of piperidine rings is 1. The summed E-state index contributed by atoms with van der Waals surface area (Å²) < 4.78 is 31.9. The van der Waals surface area contributed by atoms with E-state index in [9.17, 15) is 18.4 Å². The van der Waals surface area contributed by atoms with Crippen LogP contribution in [0.2, 0.25) is 5.02 Å². The summed E-state index contributed by atoms with van der Waals surface area (Å²) in [6.45, 7) is 0.575. The summed E-state index contributed by atoms with van der Waals surface area (Å²) in [5.74, 6) is -1.89. The Morgan fingerprint density at radius 3 is 2.37 bits per heavy atom. The number of carbonyl (C=O) groups excluding carboxylic acids is 2. The number of hydrogen-bond donors (Lipinski definition) is 0. The summed E-state index contributed by atoms with van der Waals surface area (Å²) in [6.07, 6.45) is 0.910. The number of nitrogens with zero attached hydrogens (tertiary/aromatic N) is 1. The molecule has 0 N–H and O–H groups in total. The standard InChI is InChI=1S/C20H18ClF2NO3/c21-17-2-1-3-18(23)16(17)12-27-20(26)14-8-10-24(11-9-14)19(25)13-4-6-15(22)7-5-13/h1-7,14H,8-12H2. The Hall–Kier alpha value is -2.47. The topological polar surface area (TPSA) is 46.6 Å². The van der Waals surface area contributed by atoms with Gasteiger partial charge in [-0.2, -0.15) is 0 Å². The molecule has 7 heteroatoms. The van der Waals surface area contributed by atoms with Crippen molar-refractivity contribution in [3.8, 4) is 0 Å². The van der Waals surface area contributed by atoms with Crippen LogP contribution in [-0.4, -0.2) is 29.9 Å². The number of amides is 1. The van der Waals surface area contributed by atoms with Gasteiger partial charge in [0.1, 0.15) is 18.2 Å². The third-order valence-corrected chi connectivity index (χ3v) is 4.98. The van der Waals surface area contributed by atoms with E-state index in [2.05, 4.69) is 0 Å². The molecule has 142 valence electrons. The summed E-state index contributed by atoms with van der Waals surface area (Å²) in [7, 11) is 0. The summed E-state index contributed by atoms with van der Waals surface area (Å²) in [6, 6.07) is 9.64. The average molecular weight is 394 g/mol. The Kier molecular flexibility index (Phi) is 6.06. The Balaban J connectivity index is 1.52. The minimum absolute atomic E-state index is 0.149. The molecule has 1 amide bonds. The second kappa shape index (κ2) is 8.48. The van der Waals surface area contributed by atoms with Gasteiger partial charge in [0, 0.05) is 24.2 Å². The Labute approximate surface area is 160 Å². The Bertz CT molecular complexity index is 813. The fourth-order valence-electron chi connectivity index (χ4n) is 3.02. The molecule has 0 atom stereocenters. The summed E-state index contributed by atoms with van der Waals surface area (Å²) >= 11 is 5.92. The second-order valence-electron chi connectivity index (χ2n) is 6.38. The lowest BCUT2D eigenvalue weighted by molar-refractivity contribution is -0.151. The van der Waals surface area contributed by atoms with Crippen LogP contribution < -0.4 is 0 Å². The van der Waals surface area contributed by atoms with Crippen molar-refractivity contribution >= 4 is 23.5 Å². The number of benzene rings is 2. The van der Waals surface area contributed by atoms with Crippen LogP contribution >= 0.6 is 11.6 Å². The first-order valence-electron chi connectivity index (χ1n) is 8.60. The van der Waals surface area contributed by atoms with Crippen molar-refractivity contribution in [2.45, 2.75) is 19.4 Å². The lowest BCUT2D eigenvalue weighted by atomic mass is 9.96. The minimum atomic E-state index is -0.519. The highest BCUT2D eigenvalue weighted by Gasteiger charge is 2.29. The van der Waals surface area contributed by atoms with Crippen LogP contribution in [0.1, 0.15) is 28.8 Å². The maximum Gasteiger partial charge on any atom is 0.309 e. The first-order chi connectivity index (χ1) is 13.0. The molecule has 0 bridgehead atoms. The van der Waals surface area contributed by atoms with Gasteiger partial charge in [-0.3, -0.25) is 9.59 Å². The Morgan fingerprint density at radius 1 is 1.07 bits per heavy atom. The van der Waals surface area contributed by atoms with E-state index >= 15 is 0 Å². The van der Waals surface area contributed by atoms with Gasteiger partial charge in [-0.15, -0.1) is 0 Å². The van der Waals surface area contributed by atoms with Crippen LogP contribution in [0.3, 0.4) is 0 Å². The molecule has 27 heavy (non-hydrogen) atoms. The third kappa shape index (κ3) is 4.63. The largest absolute Gasteiger partial charge is 0.460 e. The lowest BCUT2D eigenvalue weighted by Gasteiger charge is -2.31. The van der Waals surface area contributed by atoms with E-state index in [-0.39, 0.29) is 29.0 Å². The zero-order valence-corrected chi connectivity index (χ0v) is 15.2. The SMILES string of the molecule is O=C(OCc1c(F)cccc1Cl)C1CCN(C(=O)c2ccc(F)cc2)CC1. The molecule has 1 heterocycles. The molecule has 2 aromatic rings. The molecule has 1 fully saturated rings. The molecule has 4 nitrogen and oxygen atoms in total. The normalized spacial score (nSPS) is 14.9. The van der Waals surface area contributed by atoms with Gasteiger partial charge in [-0.1, -0.05) is 17.7 Å². The molecule has 1 aliphatic rings. The van der Waals surface area contributed by atoms with Crippen molar-refractivity contribution in [3.05, 3.63) is 70.2 Å². The van der Waals surface area contributed by atoms with Gasteiger partial charge in [0.05, 0.1) is 10.9 Å². The van der Waals surface area contributed by atoms with E-state index in [0.29, 0.717) is 31.5 Å². The van der Waals surface area contributed by atoms with Crippen LogP contribution in [0.25, 0.3) is 0 Å². The van der Waals surface area contributed by atoms with E-state index in [1.54, 1.807) is 4.90 Å². The molecule has 0 radical (unpaired) electrons. The average Bonchev–Trinajstić information content (AvgIpc) is 2.67. The molecule has 0 aliphatic carbocycles. The highest BCUT2D eigenvalue weighted by Crippen LogP contribution is 2.23. The predicted molar refractivity (Wildman–Crippen MR) is 96.2 cm³/mol. The minimum Gasteiger partial charge on any atom is -0.460 e. The number of ether oxygens (including phenoxy) is 1. The van der Waals surface area contributed by atoms with Crippen molar-refractivity contribution in [2.75, 3.05) is 13.1 Å². The van der Waals surface area contributed by atoms with Crippen LogP contribution in [0, 0.1) is 17.6 Å². The van der Waals surface area contributed by atoms with E-state index in [4.69, 9.17) is 16.3 Å². The fraction of sp³-hybridized carbons (Fsp3) is 0.300. The highest BCUT2D eigenvalue weighted by atomic mass is 35.5. The molecule has 1 aliphatic heterocycles. The summed E-state index contributed by atoms with van der Waals surface area (Å²) in [5, 5.41) is 0.211. The first-order valence-corrected chi connectivity index (χ1v) is 8.98. The number of esters is 1. The lowest BCUT2D eigenvalue weighted by Crippen LogP contribution is -2.40. The van der Waals surface area contributed by atoms with Crippen molar-refractivity contribution in [1.29, 1.82) is 0 Å². The predicted octanol–water partition coefficient (Wildman–Crippen LogP) is 4.21. The van der Waals surface area contributed by atoms with Gasteiger partial charge < -0.3 is 9.64 Å². The maximum absolute atomic E-state index is 13.7. The van der Waals surface area contributed by atoms with Gasteiger partial charge in [0.15, 0.2) is 0 Å². The van der Waals surface area contributed by atoms with E-state index in [1.165, 1.54) is 42.5 Å². The molecule has 0 saturated carbocycles. The third-order valence-electron chi connectivity index (χ3n) is 4.63. The van der Waals surface area contributed by atoms with Crippen molar-refractivity contribution in [2.24, 2.45) is 5.92 Å². The van der Waals surface area contributed by atoms with Crippen LogP contribution in [0.4, 0.5) is 8.78 Å². The zero-order valence-electron chi connectivity index (χ0n) is 14.5. The molecule has 0 aromatic heterocycles. The van der Waals surface area contributed by atoms with Crippen LogP contribution in [0.15, 0.2) is 42.5 Å². The zero-order chi connectivity index (χ0) is 19.4.